The highest BCUT2D eigenvalue weighted by atomic mass is 16.5. The second-order valence-electron chi connectivity index (χ2n) is 5.04. The zero-order valence-corrected chi connectivity index (χ0v) is 11.0. The van der Waals surface area contributed by atoms with Crippen LogP contribution in [-0.2, 0) is 4.74 Å². The van der Waals surface area contributed by atoms with Crippen LogP contribution in [0, 0.1) is 5.92 Å². The van der Waals surface area contributed by atoms with Crippen LogP contribution >= 0.6 is 0 Å². The first kappa shape index (κ1) is 14.0. The van der Waals surface area contributed by atoms with Gasteiger partial charge in [0.15, 0.2) is 0 Å². The highest BCUT2D eigenvalue weighted by molar-refractivity contribution is 4.67. The lowest BCUT2D eigenvalue weighted by Crippen LogP contribution is -2.30. The Morgan fingerprint density at radius 3 is 2.44 bits per heavy atom. The Hall–Kier alpha value is -0.0800. The number of ether oxygens (including phenoxy) is 1. The van der Waals surface area contributed by atoms with E-state index in [0.717, 1.165) is 19.1 Å². The molecule has 1 rings (SSSR count). The van der Waals surface area contributed by atoms with Crippen LogP contribution in [0.4, 0.5) is 0 Å². The van der Waals surface area contributed by atoms with Crippen LogP contribution in [0.2, 0.25) is 0 Å². The van der Waals surface area contributed by atoms with Crippen LogP contribution in [0.25, 0.3) is 0 Å². The van der Waals surface area contributed by atoms with Crippen molar-refractivity contribution in [3.05, 3.63) is 0 Å². The van der Waals surface area contributed by atoms with Gasteiger partial charge in [-0.25, -0.2) is 0 Å². The SMILES string of the molecule is CCCCCCCCOCC1CCNCC1. The first-order valence-corrected chi connectivity index (χ1v) is 7.22. The quantitative estimate of drug-likeness (QED) is 0.610. The molecule has 1 fully saturated rings. The van der Waals surface area contributed by atoms with E-state index in [9.17, 15) is 0 Å². The second kappa shape index (κ2) is 10.1. The molecule has 0 bridgehead atoms. The maximum absolute atomic E-state index is 5.75. The molecule has 16 heavy (non-hydrogen) atoms. The van der Waals surface area contributed by atoms with E-state index in [0.29, 0.717) is 0 Å². The molecule has 0 unspecified atom stereocenters. The average Bonchev–Trinajstić information content (AvgIpc) is 2.34. The molecule has 0 saturated carbocycles. The van der Waals surface area contributed by atoms with Gasteiger partial charge >= 0.3 is 0 Å². The Morgan fingerprint density at radius 1 is 1.00 bits per heavy atom. The molecule has 0 aromatic rings. The number of piperidine rings is 1. The Morgan fingerprint density at radius 2 is 1.69 bits per heavy atom. The molecule has 1 aliphatic rings. The predicted octanol–water partition coefficient (Wildman–Crippen LogP) is 3.36. The zero-order chi connectivity index (χ0) is 11.5. The van der Waals surface area contributed by atoms with Gasteiger partial charge in [-0.3, -0.25) is 0 Å². The summed E-state index contributed by atoms with van der Waals surface area (Å²) in [5.41, 5.74) is 0. The van der Waals surface area contributed by atoms with Crippen molar-refractivity contribution in [3.63, 3.8) is 0 Å². The topological polar surface area (TPSA) is 21.3 Å². The zero-order valence-electron chi connectivity index (χ0n) is 11.0. The fraction of sp³-hybridized carbons (Fsp3) is 1.00. The lowest BCUT2D eigenvalue weighted by molar-refractivity contribution is 0.0849. The summed E-state index contributed by atoms with van der Waals surface area (Å²) >= 11 is 0. The van der Waals surface area contributed by atoms with E-state index in [1.807, 2.05) is 0 Å². The van der Waals surface area contributed by atoms with Crippen LogP contribution in [0.3, 0.4) is 0 Å². The first-order chi connectivity index (χ1) is 7.93. The number of hydrogen-bond donors (Lipinski definition) is 1. The average molecular weight is 227 g/mol. The third-order valence-corrected chi connectivity index (χ3v) is 3.45. The molecule has 0 aliphatic carbocycles. The molecule has 0 aromatic heterocycles. The maximum atomic E-state index is 5.75. The van der Waals surface area contributed by atoms with Gasteiger partial charge in [-0.2, -0.15) is 0 Å². The minimum absolute atomic E-state index is 0.821. The van der Waals surface area contributed by atoms with E-state index in [1.165, 1.54) is 64.5 Å². The Balaban J connectivity index is 1.77. The third-order valence-electron chi connectivity index (χ3n) is 3.45. The van der Waals surface area contributed by atoms with E-state index < -0.39 is 0 Å². The van der Waals surface area contributed by atoms with Gasteiger partial charge in [-0.15, -0.1) is 0 Å². The molecule has 96 valence electrons. The van der Waals surface area contributed by atoms with Crippen molar-refractivity contribution in [1.29, 1.82) is 0 Å². The summed E-state index contributed by atoms with van der Waals surface area (Å²) in [6.45, 7) is 6.62. The summed E-state index contributed by atoms with van der Waals surface area (Å²) in [5, 5.41) is 3.39. The summed E-state index contributed by atoms with van der Waals surface area (Å²) in [5.74, 6) is 0.821. The minimum Gasteiger partial charge on any atom is -0.381 e. The van der Waals surface area contributed by atoms with E-state index >= 15 is 0 Å². The van der Waals surface area contributed by atoms with Gasteiger partial charge in [0.25, 0.3) is 0 Å². The number of rotatable bonds is 9. The van der Waals surface area contributed by atoms with Gasteiger partial charge in [-0.1, -0.05) is 39.0 Å². The van der Waals surface area contributed by atoms with Crippen LogP contribution < -0.4 is 5.32 Å². The predicted molar refractivity (Wildman–Crippen MR) is 69.8 cm³/mol. The number of hydrogen-bond acceptors (Lipinski definition) is 2. The normalized spacial score (nSPS) is 17.8. The van der Waals surface area contributed by atoms with Crippen LogP contribution in [-0.4, -0.2) is 26.3 Å². The van der Waals surface area contributed by atoms with E-state index in [1.54, 1.807) is 0 Å². The van der Waals surface area contributed by atoms with Gasteiger partial charge in [-0.05, 0) is 38.3 Å². The Labute approximate surface area is 101 Å². The summed E-state index contributed by atoms with van der Waals surface area (Å²) in [6, 6.07) is 0. The first-order valence-electron chi connectivity index (χ1n) is 7.22. The van der Waals surface area contributed by atoms with Gasteiger partial charge in [0.2, 0.25) is 0 Å². The van der Waals surface area contributed by atoms with Crippen LogP contribution in [0.1, 0.15) is 58.3 Å². The fourth-order valence-electron chi connectivity index (χ4n) is 2.28. The summed E-state index contributed by atoms with van der Waals surface area (Å²) in [4.78, 5) is 0. The fourth-order valence-corrected chi connectivity index (χ4v) is 2.28. The minimum atomic E-state index is 0.821. The van der Waals surface area contributed by atoms with Crippen molar-refractivity contribution in [3.8, 4) is 0 Å². The van der Waals surface area contributed by atoms with Gasteiger partial charge in [0.1, 0.15) is 0 Å². The molecule has 1 saturated heterocycles. The van der Waals surface area contributed by atoms with Crippen molar-refractivity contribution in [2.75, 3.05) is 26.3 Å². The molecule has 1 N–H and O–H groups in total. The third kappa shape index (κ3) is 7.24. The van der Waals surface area contributed by atoms with E-state index in [2.05, 4.69) is 12.2 Å². The lowest BCUT2D eigenvalue weighted by Gasteiger charge is -2.22. The smallest absolute Gasteiger partial charge is 0.0495 e. The lowest BCUT2D eigenvalue weighted by atomic mass is 9.99. The van der Waals surface area contributed by atoms with E-state index in [4.69, 9.17) is 4.74 Å². The van der Waals surface area contributed by atoms with E-state index in [-0.39, 0.29) is 0 Å². The molecule has 1 heterocycles. The molecule has 0 atom stereocenters. The molecular weight excluding hydrogens is 198 g/mol. The second-order valence-corrected chi connectivity index (χ2v) is 5.04. The summed E-state index contributed by atoms with van der Waals surface area (Å²) < 4.78 is 5.75. The molecule has 0 spiro atoms. The molecule has 2 nitrogen and oxygen atoms in total. The number of nitrogens with one attached hydrogen (secondary N) is 1. The van der Waals surface area contributed by atoms with Crippen LogP contribution in [0.5, 0.6) is 0 Å². The molecule has 0 radical (unpaired) electrons. The highest BCUT2D eigenvalue weighted by Crippen LogP contribution is 2.12. The van der Waals surface area contributed by atoms with Crippen molar-refractivity contribution in [1.82, 2.24) is 5.32 Å². The maximum Gasteiger partial charge on any atom is 0.0495 e. The monoisotopic (exact) mass is 227 g/mol. The number of unbranched alkanes of at least 4 members (excludes halogenated alkanes) is 5. The molecule has 2 heteroatoms. The molecular formula is C14H29NO. The van der Waals surface area contributed by atoms with Crippen molar-refractivity contribution in [2.45, 2.75) is 58.3 Å². The van der Waals surface area contributed by atoms with Crippen molar-refractivity contribution >= 4 is 0 Å². The van der Waals surface area contributed by atoms with Crippen LogP contribution in [0.15, 0.2) is 0 Å². The molecule has 0 amide bonds. The van der Waals surface area contributed by atoms with Crippen molar-refractivity contribution < 1.29 is 4.74 Å². The summed E-state index contributed by atoms with van der Waals surface area (Å²) in [6.07, 6.45) is 10.8. The highest BCUT2D eigenvalue weighted by Gasteiger charge is 2.12. The molecule has 1 aliphatic heterocycles. The molecule has 0 aromatic carbocycles. The Kier molecular flexibility index (Phi) is 8.83. The summed E-state index contributed by atoms with van der Waals surface area (Å²) in [7, 11) is 0. The standard InChI is InChI=1S/C14H29NO/c1-2-3-4-5-6-7-12-16-13-14-8-10-15-11-9-14/h14-15H,2-13H2,1H3. The largest absolute Gasteiger partial charge is 0.381 e. The van der Waals surface area contributed by atoms with Gasteiger partial charge < -0.3 is 10.1 Å². The van der Waals surface area contributed by atoms with Gasteiger partial charge in [0.05, 0.1) is 0 Å². The Bertz CT molecular complexity index is 144. The van der Waals surface area contributed by atoms with Crippen molar-refractivity contribution in [2.24, 2.45) is 5.92 Å². The van der Waals surface area contributed by atoms with Gasteiger partial charge in [0, 0.05) is 13.2 Å².